The Labute approximate surface area is 253 Å². The van der Waals surface area contributed by atoms with E-state index in [0.29, 0.717) is 0 Å². The summed E-state index contributed by atoms with van der Waals surface area (Å²) >= 11 is 0. The third kappa shape index (κ3) is 5.57. The third-order valence-electron chi connectivity index (χ3n) is 6.94. The van der Waals surface area contributed by atoms with Gasteiger partial charge in [0.15, 0.2) is 0 Å². The van der Waals surface area contributed by atoms with Crippen molar-refractivity contribution in [3.63, 3.8) is 0 Å². The zero-order chi connectivity index (χ0) is 29.6. The standard InChI is InChI=1S/C35H25N9/c1-3-17-28(18-4-1)43(41-39-32-23-11-15-26-13-7-9-21-30(26)32)34-36-25-37-35(38-34)44(29-19-5-2-6-20-29)42-40-33-24-12-16-27-14-8-10-22-31(27)33/h1-25H. The predicted octanol–water partition coefficient (Wildman–Crippen LogP) is 9.85. The van der Waals surface area contributed by atoms with Crippen LogP contribution < -0.4 is 10.0 Å². The van der Waals surface area contributed by atoms with Gasteiger partial charge in [0, 0.05) is 10.8 Å². The van der Waals surface area contributed by atoms with Gasteiger partial charge in [-0.1, -0.05) is 120 Å². The molecular formula is C35H25N9. The van der Waals surface area contributed by atoms with Crippen molar-refractivity contribution in [3.05, 3.63) is 152 Å². The molecule has 0 aliphatic rings. The summed E-state index contributed by atoms with van der Waals surface area (Å²) in [6, 6.07) is 47.2. The zero-order valence-electron chi connectivity index (χ0n) is 23.5. The Balaban J connectivity index is 1.30. The monoisotopic (exact) mass is 571 g/mol. The summed E-state index contributed by atoms with van der Waals surface area (Å²) in [5.41, 5.74) is 2.93. The largest absolute Gasteiger partial charge is 0.257 e. The Bertz CT molecular complexity index is 1940. The van der Waals surface area contributed by atoms with Gasteiger partial charge in [-0.25, -0.2) is 0 Å². The van der Waals surface area contributed by atoms with Crippen molar-refractivity contribution < 1.29 is 0 Å². The molecule has 0 aliphatic carbocycles. The summed E-state index contributed by atoms with van der Waals surface area (Å²) < 4.78 is 0. The van der Waals surface area contributed by atoms with Crippen molar-refractivity contribution in [3.8, 4) is 0 Å². The predicted molar refractivity (Wildman–Crippen MR) is 174 cm³/mol. The summed E-state index contributed by atoms with van der Waals surface area (Å²) in [6.45, 7) is 0. The lowest BCUT2D eigenvalue weighted by atomic mass is 10.1. The summed E-state index contributed by atoms with van der Waals surface area (Å²) in [6.07, 6.45) is 1.43. The van der Waals surface area contributed by atoms with Crippen LogP contribution in [-0.4, -0.2) is 15.0 Å². The molecule has 0 spiro atoms. The quantitative estimate of drug-likeness (QED) is 0.134. The highest BCUT2D eigenvalue weighted by atomic mass is 15.6. The van der Waals surface area contributed by atoms with Crippen LogP contribution in [0.3, 0.4) is 0 Å². The SMILES string of the molecule is c1ccc(N(N=Nc2cccc3ccccc23)c2ncnc(N(N=Nc3cccc4ccccc34)c3ccccc3)n2)cc1. The van der Waals surface area contributed by atoms with E-state index in [0.717, 1.165) is 44.3 Å². The number of aromatic nitrogens is 3. The fraction of sp³-hybridized carbons (Fsp3) is 0. The van der Waals surface area contributed by atoms with Crippen molar-refractivity contribution >= 4 is 56.2 Å². The molecule has 0 bridgehead atoms. The van der Waals surface area contributed by atoms with Crippen molar-refractivity contribution in [2.24, 2.45) is 20.7 Å². The maximum Gasteiger partial charge on any atom is 0.257 e. The molecule has 9 heteroatoms. The Morgan fingerprint density at radius 3 is 1.30 bits per heavy atom. The van der Waals surface area contributed by atoms with E-state index in [1.807, 2.05) is 146 Å². The lowest BCUT2D eigenvalue weighted by molar-refractivity contribution is 0.856. The summed E-state index contributed by atoms with van der Waals surface area (Å²) in [5, 5.41) is 25.8. The average Bonchev–Trinajstić information content (AvgIpc) is 3.10. The Kier molecular flexibility index (Phi) is 7.39. The topological polar surface area (TPSA) is 94.6 Å². The first-order chi connectivity index (χ1) is 21.8. The number of rotatable bonds is 8. The number of benzene rings is 6. The second-order valence-electron chi connectivity index (χ2n) is 9.76. The molecule has 0 N–H and O–H groups in total. The Hall–Kier alpha value is -6.35. The molecule has 0 atom stereocenters. The van der Waals surface area contributed by atoms with Gasteiger partial charge in [-0.05, 0) is 47.2 Å². The van der Waals surface area contributed by atoms with Crippen LogP contribution in [0.25, 0.3) is 21.5 Å². The third-order valence-corrected chi connectivity index (χ3v) is 6.94. The van der Waals surface area contributed by atoms with E-state index in [2.05, 4.69) is 30.6 Å². The van der Waals surface area contributed by atoms with Crippen LogP contribution in [0.2, 0.25) is 0 Å². The fourth-order valence-electron chi connectivity index (χ4n) is 4.81. The molecule has 0 amide bonds. The van der Waals surface area contributed by atoms with Gasteiger partial charge in [-0.2, -0.15) is 25.0 Å². The number of hydrogen-bond acceptors (Lipinski definition) is 7. The number of fused-ring (bicyclic) bond motifs is 2. The van der Waals surface area contributed by atoms with E-state index in [-0.39, 0.29) is 11.9 Å². The smallest absolute Gasteiger partial charge is 0.199 e. The second kappa shape index (κ2) is 12.3. The van der Waals surface area contributed by atoms with Crippen LogP contribution >= 0.6 is 0 Å². The first-order valence-corrected chi connectivity index (χ1v) is 14.0. The lowest BCUT2D eigenvalue weighted by Crippen LogP contribution is -2.17. The first-order valence-electron chi connectivity index (χ1n) is 14.0. The summed E-state index contributed by atoms with van der Waals surface area (Å²) in [5.74, 6) is 0.540. The molecule has 1 heterocycles. The van der Waals surface area contributed by atoms with Gasteiger partial charge in [0.05, 0.1) is 22.7 Å². The number of anilines is 4. The van der Waals surface area contributed by atoms with E-state index >= 15 is 0 Å². The molecule has 9 nitrogen and oxygen atoms in total. The van der Waals surface area contributed by atoms with Crippen LogP contribution in [0.5, 0.6) is 0 Å². The normalized spacial score (nSPS) is 11.5. The van der Waals surface area contributed by atoms with Gasteiger partial charge < -0.3 is 0 Å². The van der Waals surface area contributed by atoms with E-state index in [4.69, 9.17) is 4.98 Å². The minimum atomic E-state index is 0.270. The van der Waals surface area contributed by atoms with Gasteiger partial charge in [0.25, 0.3) is 11.9 Å². The van der Waals surface area contributed by atoms with Crippen LogP contribution in [0, 0.1) is 0 Å². The average molecular weight is 572 g/mol. The molecule has 1 aromatic heterocycles. The van der Waals surface area contributed by atoms with Crippen molar-refractivity contribution in [2.45, 2.75) is 0 Å². The molecule has 7 aromatic rings. The van der Waals surface area contributed by atoms with Gasteiger partial charge in [-0.3, -0.25) is 0 Å². The minimum Gasteiger partial charge on any atom is -0.199 e. The van der Waals surface area contributed by atoms with Gasteiger partial charge in [0.2, 0.25) is 0 Å². The molecule has 0 fully saturated rings. The Morgan fingerprint density at radius 1 is 0.409 bits per heavy atom. The molecule has 0 saturated carbocycles. The Morgan fingerprint density at radius 2 is 0.818 bits per heavy atom. The lowest BCUT2D eigenvalue weighted by Gasteiger charge is -2.19. The van der Waals surface area contributed by atoms with Crippen LogP contribution in [0.4, 0.5) is 34.6 Å². The van der Waals surface area contributed by atoms with E-state index in [1.54, 1.807) is 10.0 Å². The van der Waals surface area contributed by atoms with E-state index in [1.165, 1.54) is 6.33 Å². The summed E-state index contributed by atoms with van der Waals surface area (Å²) in [4.78, 5) is 13.8. The molecule has 210 valence electrons. The van der Waals surface area contributed by atoms with Gasteiger partial charge in [-0.15, -0.1) is 10.2 Å². The van der Waals surface area contributed by atoms with E-state index in [9.17, 15) is 0 Å². The highest BCUT2D eigenvalue weighted by Gasteiger charge is 2.18. The van der Waals surface area contributed by atoms with Crippen molar-refractivity contribution in [1.82, 2.24) is 15.0 Å². The molecule has 44 heavy (non-hydrogen) atoms. The fourth-order valence-corrected chi connectivity index (χ4v) is 4.81. The van der Waals surface area contributed by atoms with Gasteiger partial charge >= 0.3 is 0 Å². The number of nitrogens with zero attached hydrogens (tertiary/aromatic N) is 9. The summed E-state index contributed by atoms with van der Waals surface area (Å²) in [7, 11) is 0. The molecule has 6 aromatic carbocycles. The highest BCUT2D eigenvalue weighted by Crippen LogP contribution is 2.32. The van der Waals surface area contributed by atoms with Crippen LogP contribution in [0.15, 0.2) is 173 Å². The first kappa shape index (κ1) is 26.5. The number of hydrogen-bond donors (Lipinski definition) is 0. The van der Waals surface area contributed by atoms with E-state index < -0.39 is 0 Å². The van der Waals surface area contributed by atoms with Crippen molar-refractivity contribution in [1.29, 1.82) is 0 Å². The maximum atomic E-state index is 4.80. The molecule has 0 saturated heterocycles. The molecule has 0 aliphatic heterocycles. The minimum absolute atomic E-state index is 0.270. The maximum absolute atomic E-state index is 4.80. The molecule has 7 rings (SSSR count). The molecular weight excluding hydrogens is 546 g/mol. The molecule has 0 radical (unpaired) electrons. The van der Waals surface area contributed by atoms with Crippen LogP contribution in [-0.2, 0) is 0 Å². The van der Waals surface area contributed by atoms with Crippen LogP contribution in [0.1, 0.15) is 0 Å². The molecule has 0 unspecified atom stereocenters. The van der Waals surface area contributed by atoms with Crippen molar-refractivity contribution in [2.75, 3.05) is 10.0 Å². The number of para-hydroxylation sites is 2. The van der Waals surface area contributed by atoms with Gasteiger partial charge in [0.1, 0.15) is 6.33 Å². The second-order valence-corrected chi connectivity index (χ2v) is 9.76. The highest BCUT2D eigenvalue weighted by molar-refractivity contribution is 5.93. The zero-order valence-corrected chi connectivity index (χ0v) is 23.5.